The Morgan fingerprint density at radius 3 is 2.34 bits per heavy atom. The molecule has 1 aliphatic rings. The van der Waals surface area contributed by atoms with E-state index in [0.29, 0.717) is 10.6 Å². The monoisotopic (exact) mass is 430 g/mol. The highest BCUT2D eigenvalue weighted by atomic mass is 35.5. The number of carbonyl (C=O) groups is 1. The summed E-state index contributed by atoms with van der Waals surface area (Å²) in [6.45, 7) is 0. The molecule has 0 aromatic heterocycles. The largest absolute Gasteiger partial charge is 0.452 e. The number of allylic oxidation sites excluding steroid dienone is 1. The summed E-state index contributed by atoms with van der Waals surface area (Å²) >= 11 is 5.77. The fourth-order valence-corrected chi connectivity index (χ4v) is 3.75. The van der Waals surface area contributed by atoms with Gasteiger partial charge in [-0.1, -0.05) is 23.7 Å². The van der Waals surface area contributed by atoms with Crippen molar-refractivity contribution in [2.45, 2.75) is 4.90 Å². The molecule has 0 fully saturated rings. The molecule has 8 heteroatoms. The Morgan fingerprint density at radius 1 is 0.966 bits per heavy atom. The van der Waals surface area contributed by atoms with E-state index in [1.807, 2.05) is 0 Å². The Labute approximate surface area is 171 Å². The van der Waals surface area contributed by atoms with Crippen LogP contribution in [-0.2, 0) is 10.1 Å². The first-order valence-corrected chi connectivity index (χ1v) is 10.1. The lowest BCUT2D eigenvalue weighted by atomic mass is 10.1. The van der Waals surface area contributed by atoms with Gasteiger partial charge in [0.2, 0.25) is 5.78 Å². The van der Waals surface area contributed by atoms with Gasteiger partial charge in [0, 0.05) is 11.1 Å². The maximum absolute atomic E-state index is 13.0. The van der Waals surface area contributed by atoms with Crippen LogP contribution in [0.15, 0.2) is 77.4 Å². The Morgan fingerprint density at radius 2 is 1.66 bits per heavy atom. The molecule has 3 aromatic rings. The van der Waals surface area contributed by atoms with E-state index in [1.54, 1.807) is 0 Å². The quantitative estimate of drug-likeness (QED) is 0.436. The van der Waals surface area contributed by atoms with Crippen LogP contribution in [0.2, 0.25) is 5.02 Å². The Bertz CT molecular complexity index is 1230. The first-order valence-electron chi connectivity index (χ1n) is 8.36. The number of hydrogen-bond donors (Lipinski definition) is 0. The molecule has 0 saturated heterocycles. The van der Waals surface area contributed by atoms with Gasteiger partial charge in [-0.05, 0) is 60.2 Å². The SMILES string of the molecule is O=C1C(=Cc2ccc(F)cc2)Oc2cc(OS(=O)(=O)c3ccc(Cl)cc3)ccc21. The first-order chi connectivity index (χ1) is 13.8. The number of carbonyl (C=O) groups excluding carboxylic acids is 1. The molecule has 0 atom stereocenters. The Kier molecular flexibility index (Phi) is 4.86. The number of hydrogen-bond acceptors (Lipinski definition) is 5. The van der Waals surface area contributed by atoms with Crippen molar-refractivity contribution in [2.24, 2.45) is 0 Å². The van der Waals surface area contributed by atoms with Gasteiger partial charge in [0.25, 0.3) is 0 Å². The van der Waals surface area contributed by atoms with Gasteiger partial charge in [-0.3, -0.25) is 4.79 Å². The predicted molar refractivity (Wildman–Crippen MR) is 105 cm³/mol. The highest BCUT2D eigenvalue weighted by Gasteiger charge is 2.28. The zero-order valence-electron chi connectivity index (χ0n) is 14.6. The van der Waals surface area contributed by atoms with Crippen molar-refractivity contribution in [3.8, 4) is 11.5 Å². The molecule has 0 aliphatic carbocycles. The number of ether oxygens (including phenoxy) is 1. The topological polar surface area (TPSA) is 69.7 Å². The van der Waals surface area contributed by atoms with Gasteiger partial charge in [0.05, 0.1) is 5.56 Å². The van der Waals surface area contributed by atoms with Crippen molar-refractivity contribution in [1.82, 2.24) is 0 Å². The zero-order valence-corrected chi connectivity index (χ0v) is 16.2. The molecule has 0 radical (unpaired) electrons. The molecule has 146 valence electrons. The third kappa shape index (κ3) is 4.01. The molecular formula is C21H12ClFO5S. The number of benzene rings is 3. The van der Waals surface area contributed by atoms with Crippen molar-refractivity contribution in [2.75, 3.05) is 0 Å². The molecule has 29 heavy (non-hydrogen) atoms. The summed E-state index contributed by atoms with van der Waals surface area (Å²) < 4.78 is 48.5. The summed E-state index contributed by atoms with van der Waals surface area (Å²) in [5, 5.41) is 0.397. The van der Waals surface area contributed by atoms with Gasteiger partial charge in [-0.25, -0.2) is 4.39 Å². The highest BCUT2D eigenvalue weighted by Crippen LogP contribution is 2.35. The fourth-order valence-electron chi connectivity index (χ4n) is 2.71. The van der Waals surface area contributed by atoms with Crippen LogP contribution < -0.4 is 8.92 Å². The number of ketones is 1. The van der Waals surface area contributed by atoms with Crippen LogP contribution in [0.5, 0.6) is 11.5 Å². The standard InChI is InChI=1S/C21H12ClFO5S/c22-14-3-8-17(9-4-14)29(25,26)28-16-7-10-18-19(12-16)27-20(21(18)24)11-13-1-5-15(23)6-2-13/h1-12H. The number of halogens is 2. The van der Waals surface area contributed by atoms with E-state index in [9.17, 15) is 17.6 Å². The normalized spacial score (nSPS) is 14.6. The molecule has 3 aromatic carbocycles. The molecule has 1 aliphatic heterocycles. The second kappa shape index (κ2) is 7.35. The molecule has 0 amide bonds. The summed E-state index contributed by atoms with van der Waals surface area (Å²) in [5.41, 5.74) is 0.860. The minimum Gasteiger partial charge on any atom is -0.452 e. The van der Waals surface area contributed by atoms with Crippen LogP contribution in [0.3, 0.4) is 0 Å². The number of fused-ring (bicyclic) bond motifs is 1. The number of Topliss-reactive ketones (excluding diaryl/α,β-unsaturated/α-hetero) is 1. The average Bonchev–Trinajstić information content (AvgIpc) is 2.98. The third-order valence-corrected chi connectivity index (χ3v) is 5.63. The fraction of sp³-hybridized carbons (Fsp3) is 0. The molecular weight excluding hydrogens is 419 g/mol. The van der Waals surface area contributed by atoms with E-state index in [0.717, 1.165) is 0 Å². The molecule has 1 heterocycles. The lowest BCUT2D eigenvalue weighted by Gasteiger charge is -2.08. The minimum absolute atomic E-state index is 0.00506. The number of rotatable bonds is 4. The smallest absolute Gasteiger partial charge is 0.339 e. The van der Waals surface area contributed by atoms with Crippen LogP contribution >= 0.6 is 11.6 Å². The average molecular weight is 431 g/mol. The van der Waals surface area contributed by atoms with E-state index in [4.69, 9.17) is 20.5 Å². The van der Waals surface area contributed by atoms with Crippen LogP contribution in [0.1, 0.15) is 15.9 Å². The summed E-state index contributed by atoms with van der Waals surface area (Å²) in [6, 6.07) is 15.2. The van der Waals surface area contributed by atoms with Crippen molar-refractivity contribution >= 4 is 33.6 Å². The van der Waals surface area contributed by atoms with E-state index in [1.165, 1.54) is 72.8 Å². The second-order valence-electron chi connectivity index (χ2n) is 6.14. The van der Waals surface area contributed by atoms with Crippen molar-refractivity contribution < 1.29 is 26.5 Å². The van der Waals surface area contributed by atoms with E-state index in [-0.39, 0.29) is 33.5 Å². The molecule has 4 rings (SSSR count). The van der Waals surface area contributed by atoms with Crippen molar-refractivity contribution in [3.63, 3.8) is 0 Å². The van der Waals surface area contributed by atoms with Crippen LogP contribution in [0.25, 0.3) is 6.08 Å². The van der Waals surface area contributed by atoms with Crippen LogP contribution in [-0.4, -0.2) is 14.2 Å². The van der Waals surface area contributed by atoms with E-state index >= 15 is 0 Å². The van der Waals surface area contributed by atoms with E-state index in [2.05, 4.69) is 0 Å². The molecule has 0 saturated carbocycles. The minimum atomic E-state index is -4.08. The highest BCUT2D eigenvalue weighted by molar-refractivity contribution is 7.87. The van der Waals surface area contributed by atoms with Crippen LogP contribution in [0.4, 0.5) is 4.39 Å². The van der Waals surface area contributed by atoms with Gasteiger partial charge < -0.3 is 8.92 Å². The predicted octanol–water partition coefficient (Wildman–Crippen LogP) is 4.86. The molecule has 0 unspecified atom stereocenters. The summed E-state index contributed by atoms with van der Waals surface area (Å²) in [6.07, 6.45) is 1.48. The molecule has 0 N–H and O–H groups in total. The molecule has 5 nitrogen and oxygen atoms in total. The Balaban J connectivity index is 1.59. The van der Waals surface area contributed by atoms with Crippen LogP contribution in [0, 0.1) is 5.82 Å². The van der Waals surface area contributed by atoms with Gasteiger partial charge in [0.1, 0.15) is 22.2 Å². The maximum atomic E-state index is 13.0. The lowest BCUT2D eigenvalue weighted by molar-refractivity contribution is 0.101. The van der Waals surface area contributed by atoms with Crippen molar-refractivity contribution in [3.05, 3.63) is 94.5 Å². The Hall–Kier alpha value is -3.16. The molecule has 0 spiro atoms. The third-order valence-electron chi connectivity index (χ3n) is 4.12. The van der Waals surface area contributed by atoms with Gasteiger partial charge in [0.15, 0.2) is 5.76 Å². The summed E-state index contributed by atoms with van der Waals surface area (Å²) in [5.74, 6) is -0.541. The van der Waals surface area contributed by atoms with E-state index < -0.39 is 15.9 Å². The lowest BCUT2D eigenvalue weighted by Crippen LogP contribution is -2.09. The zero-order chi connectivity index (χ0) is 20.6. The van der Waals surface area contributed by atoms with Crippen molar-refractivity contribution in [1.29, 1.82) is 0 Å². The summed E-state index contributed by atoms with van der Waals surface area (Å²) in [4.78, 5) is 12.4. The van der Waals surface area contributed by atoms with Gasteiger partial charge in [-0.2, -0.15) is 8.42 Å². The van der Waals surface area contributed by atoms with Gasteiger partial charge >= 0.3 is 10.1 Å². The maximum Gasteiger partial charge on any atom is 0.339 e. The summed E-state index contributed by atoms with van der Waals surface area (Å²) in [7, 11) is -4.08. The molecule has 0 bridgehead atoms. The first kappa shape index (κ1) is 19.2. The second-order valence-corrected chi connectivity index (χ2v) is 8.12. The van der Waals surface area contributed by atoms with Gasteiger partial charge in [-0.15, -0.1) is 0 Å².